The standard InChI is InChI=1S/C14H22O4S/c1-3-10-17-11-4-5-12-18-19(15,16)14-8-6-13(2)7-9-14/h6-9H,3-5,10-12H2,1-2H3. The van der Waals surface area contributed by atoms with Crippen molar-refractivity contribution in [2.24, 2.45) is 0 Å². The van der Waals surface area contributed by atoms with Crippen LogP contribution in [0, 0.1) is 6.92 Å². The molecule has 19 heavy (non-hydrogen) atoms. The molecule has 0 aliphatic heterocycles. The van der Waals surface area contributed by atoms with Crippen molar-refractivity contribution in [2.45, 2.75) is 38.0 Å². The average Bonchev–Trinajstić information content (AvgIpc) is 2.38. The molecular weight excluding hydrogens is 264 g/mol. The van der Waals surface area contributed by atoms with Gasteiger partial charge in [0, 0.05) is 13.2 Å². The average molecular weight is 286 g/mol. The second-order valence-electron chi connectivity index (χ2n) is 4.41. The molecule has 0 N–H and O–H groups in total. The molecule has 108 valence electrons. The van der Waals surface area contributed by atoms with Crippen molar-refractivity contribution < 1.29 is 17.3 Å². The van der Waals surface area contributed by atoms with Crippen molar-refractivity contribution in [3.63, 3.8) is 0 Å². The van der Waals surface area contributed by atoms with E-state index in [1.54, 1.807) is 24.3 Å². The van der Waals surface area contributed by atoms with Gasteiger partial charge in [-0.25, -0.2) is 0 Å². The van der Waals surface area contributed by atoms with Gasteiger partial charge in [-0.1, -0.05) is 24.6 Å². The fraction of sp³-hybridized carbons (Fsp3) is 0.571. The van der Waals surface area contributed by atoms with Crippen LogP contribution in [0.5, 0.6) is 0 Å². The summed E-state index contributed by atoms with van der Waals surface area (Å²) >= 11 is 0. The normalized spacial score (nSPS) is 11.7. The highest BCUT2D eigenvalue weighted by molar-refractivity contribution is 7.86. The molecule has 0 radical (unpaired) electrons. The third-order valence-corrected chi connectivity index (χ3v) is 3.91. The van der Waals surface area contributed by atoms with Crippen molar-refractivity contribution in [1.82, 2.24) is 0 Å². The van der Waals surface area contributed by atoms with E-state index in [1.807, 2.05) is 6.92 Å². The predicted octanol–water partition coefficient (Wildman–Crippen LogP) is 2.91. The molecule has 0 unspecified atom stereocenters. The summed E-state index contributed by atoms with van der Waals surface area (Å²) in [5, 5.41) is 0. The Bertz CT molecular complexity index is 451. The minimum Gasteiger partial charge on any atom is -0.381 e. The lowest BCUT2D eigenvalue weighted by molar-refractivity contribution is 0.127. The highest BCUT2D eigenvalue weighted by Crippen LogP contribution is 2.13. The molecule has 1 aromatic rings. The van der Waals surface area contributed by atoms with Crippen molar-refractivity contribution >= 4 is 10.1 Å². The van der Waals surface area contributed by atoms with Crippen LogP contribution in [0.4, 0.5) is 0 Å². The first kappa shape index (κ1) is 16.1. The van der Waals surface area contributed by atoms with Crippen molar-refractivity contribution in [1.29, 1.82) is 0 Å². The molecule has 4 nitrogen and oxygen atoms in total. The molecule has 0 fully saturated rings. The molecule has 0 saturated heterocycles. The Hall–Kier alpha value is -0.910. The largest absolute Gasteiger partial charge is 0.381 e. The maximum atomic E-state index is 11.8. The van der Waals surface area contributed by atoms with Gasteiger partial charge in [0.2, 0.25) is 0 Å². The SMILES string of the molecule is CCCOCCCCOS(=O)(=O)c1ccc(C)cc1. The summed E-state index contributed by atoms with van der Waals surface area (Å²) in [6.45, 7) is 5.57. The number of aryl methyl sites for hydroxylation is 1. The fourth-order valence-electron chi connectivity index (χ4n) is 1.49. The second-order valence-corrected chi connectivity index (χ2v) is 6.02. The highest BCUT2D eigenvalue weighted by atomic mass is 32.2. The Morgan fingerprint density at radius 2 is 1.63 bits per heavy atom. The molecule has 0 saturated carbocycles. The van der Waals surface area contributed by atoms with Crippen LogP contribution in [0.2, 0.25) is 0 Å². The molecule has 1 rings (SSSR count). The van der Waals surface area contributed by atoms with E-state index in [-0.39, 0.29) is 11.5 Å². The van der Waals surface area contributed by atoms with Crippen LogP contribution in [-0.4, -0.2) is 28.2 Å². The highest BCUT2D eigenvalue weighted by Gasteiger charge is 2.14. The van der Waals surface area contributed by atoms with E-state index in [4.69, 9.17) is 8.92 Å². The van der Waals surface area contributed by atoms with Gasteiger partial charge in [0.15, 0.2) is 0 Å². The monoisotopic (exact) mass is 286 g/mol. The minimum atomic E-state index is -3.62. The third-order valence-electron chi connectivity index (χ3n) is 2.58. The van der Waals surface area contributed by atoms with Gasteiger partial charge in [0.1, 0.15) is 0 Å². The van der Waals surface area contributed by atoms with Crippen LogP contribution >= 0.6 is 0 Å². The molecule has 0 aromatic heterocycles. The van der Waals surface area contributed by atoms with E-state index in [1.165, 1.54) is 0 Å². The third kappa shape index (κ3) is 6.18. The van der Waals surface area contributed by atoms with Gasteiger partial charge in [-0.05, 0) is 38.3 Å². The van der Waals surface area contributed by atoms with Crippen LogP contribution in [-0.2, 0) is 19.0 Å². The van der Waals surface area contributed by atoms with Crippen LogP contribution in [0.1, 0.15) is 31.7 Å². The number of unbranched alkanes of at least 4 members (excludes halogenated alkanes) is 1. The zero-order valence-electron chi connectivity index (χ0n) is 11.6. The summed E-state index contributed by atoms with van der Waals surface area (Å²) in [6, 6.07) is 6.65. The Balaban J connectivity index is 2.29. The van der Waals surface area contributed by atoms with Crippen LogP contribution in [0.15, 0.2) is 29.2 Å². The number of rotatable bonds is 9. The first-order chi connectivity index (χ1) is 9.06. The molecule has 0 amide bonds. The Kier molecular flexibility index (Phi) is 7.05. The van der Waals surface area contributed by atoms with Gasteiger partial charge < -0.3 is 4.74 Å². The van der Waals surface area contributed by atoms with Gasteiger partial charge in [-0.3, -0.25) is 4.18 Å². The van der Waals surface area contributed by atoms with Crippen LogP contribution in [0.3, 0.4) is 0 Å². The number of ether oxygens (including phenoxy) is 1. The zero-order valence-corrected chi connectivity index (χ0v) is 12.4. The van der Waals surface area contributed by atoms with Crippen molar-refractivity contribution in [3.8, 4) is 0 Å². The Morgan fingerprint density at radius 1 is 1.00 bits per heavy atom. The van der Waals surface area contributed by atoms with Crippen LogP contribution in [0.25, 0.3) is 0 Å². The summed E-state index contributed by atoms with van der Waals surface area (Å²) in [4.78, 5) is 0.209. The summed E-state index contributed by atoms with van der Waals surface area (Å²) in [7, 11) is -3.62. The van der Waals surface area contributed by atoms with Gasteiger partial charge >= 0.3 is 0 Å². The Morgan fingerprint density at radius 3 is 2.26 bits per heavy atom. The second kappa shape index (κ2) is 8.30. The first-order valence-corrected chi connectivity index (χ1v) is 8.01. The maximum absolute atomic E-state index is 11.8. The van der Waals surface area contributed by atoms with Crippen molar-refractivity contribution in [3.05, 3.63) is 29.8 Å². The lowest BCUT2D eigenvalue weighted by atomic mass is 10.2. The van der Waals surface area contributed by atoms with E-state index in [0.717, 1.165) is 25.0 Å². The van der Waals surface area contributed by atoms with E-state index < -0.39 is 10.1 Å². The lowest BCUT2D eigenvalue weighted by Gasteiger charge is -2.06. The van der Waals surface area contributed by atoms with E-state index >= 15 is 0 Å². The molecule has 0 aliphatic carbocycles. The van der Waals surface area contributed by atoms with Gasteiger partial charge in [0.25, 0.3) is 10.1 Å². The van der Waals surface area contributed by atoms with Gasteiger partial charge in [0.05, 0.1) is 11.5 Å². The first-order valence-electron chi connectivity index (χ1n) is 6.60. The van der Waals surface area contributed by atoms with Gasteiger partial charge in [-0.15, -0.1) is 0 Å². The summed E-state index contributed by atoms with van der Waals surface area (Å²) < 4.78 is 33.9. The van der Waals surface area contributed by atoms with Crippen LogP contribution < -0.4 is 0 Å². The quantitative estimate of drug-likeness (QED) is 0.517. The maximum Gasteiger partial charge on any atom is 0.296 e. The zero-order chi connectivity index (χ0) is 14.1. The molecule has 0 bridgehead atoms. The molecule has 0 atom stereocenters. The Labute approximate surface area is 115 Å². The molecule has 1 aromatic carbocycles. The number of benzene rings is 1. The van der Waals surface area contributed by atoms with Crippen molar-refractivity contribution in [2.75, 3.05) is 19.8 Å². The summed E-state index contributed by atoms with van der Waals surface area (Å²) in [6.07, 6.45) is 2.48. The van der Waals surface area contributed by atoms with E-state index in [0.29, 0.717) is 13.0 Å². The summed E-state index contributed by atoms with van der Waals surface area (Å²) in [5.74, 6) is 0. The predicted molar refractivity (Wildman–Crippen MR) is 74.7 cm³/mol. The fourth-order valence-corrected chi connectivity index (χ4v) is 2.44. The van der Waals surface area contributed by atoms with Gasteiger partial charge in [-0.2, -0.15) is 8.42 Å². The van der Waals surface area contributed by atoms with E-state index in [9.17, 15) is 8.42 Å². The molecule has 0 heterocycles. The molecular formula is C14H22O4S. The number of hydrogen-bond acceptors (Lipinski definition) is 4. The van der Waals surface area contributed by atoms with E-state index in [2.05, 4.69) is 6.92 Å². The topological polar surface area (TPSA) is 52.6 Å². The molecule has 5 heteroatoms. The minimum absolute atomic E-state index is 0.200. The number of hydrogen-bond donors (Lipinski definition) is 0. The smallest absolute Gasteiger partial charge is 0.296 e. The lowest BCUT2D eigenvalue weighted by Crippen LogP contribution is -2.08. The summed E-state index contributed by atoms with van der Waals surface area (Å²) in [5.41, 5.74) is 1.02. The molecule has 0 aliphatic rings. The molecule has 0 spiro atoms.